The Hall–Kier alpha value is -0.660. The monoisotopic (exact) mass is 645 g/mol. The largest absolute Gasteiger partial charge is 0.356 e. The minimum Gasteiger partial charge on any atom is -0.356 e. The second-order valence-electron chi connectivity index (χ2n) is 15.4. The van der Waals surface area contributed by atoms with Crippen LogP contribution in [0.5, 0.6) is 0 Å². The van der Waals surface area contributed by atoms with Gasteiger partial charge in [-0.15, -0.1) is 0 Å². The smallest absolute Gasteiger partial charge is 0.101 e. The van der Waals surface area contributed by atoms with E-state index in [4.69, 9.17) is 0 Å². The Kier molecular flexibility index (Phi) is 33.6. The molecule has 0 spiro atoms. The van der Waals surface area contributed by atoms with Crippen LogP contribution in [0.1, 0.15) is 252 Å². The Labute approximate surface area is 292 Å². The van der Waals surface area contributed by atoms with Crippen molar-refractivity contribution in [2.24, 2.45) is 0 Å². The van der Waals surface area contributed by atoms with Gasteiger partial charge in [0.15, 0.2) is 0 Å². The first-order valence-corrected chi connectivity index (χ1v) is 22.0. The average molecular weight is 645 g/mol. The molecule has 0 aromatic heterocycles. The van der Waals surface area contributed by atoms with Gasteiger partial charge in [-0.25, -0.2) is 0 Å². The molecule has 274 valence electrons. The molecule has 1 rings (SSSR count). The summed E-state index contributed by atoms with van der Waals surface area (Å²) in [5, 5.41) is 0. The molecule has 0 aliphatic carbocycles. The van der Waals surface area contributed by atoms with E-state index in [-0.39, 0.29) is 0 Å². The number of hydrogen-bond donors (Lipinski definition) is 0. The highest BCUT2D eigenvalue weighted by Crippen LogP contribution is 2.24. The van der Waals surface area contributed by atoms with E-state index in [1.165, 1.54) is 244 Å². The van der Waals surface area contributed by atoms with Gasteiger partial charge in [0, 0.05) is 25.5 Å². The van der Waals surface area contributed by atoms with Gasteiger partial charge in [0.05, 0.1) is 0 Å². The van der Waals surface area contributed by atoms with Gasteiger partial charge in [-0.05, 0) is 25.7 Å². The zero-order valence-electron chi connectivity index (χ0n) is 32.5. The molecule has 0 bridgehead atoms. The van der Waals surface area contributed by atoms with E-state index in [0.29, 0.717) is 6.17 Å². The zero-order valence-corrected chi connectivity index (χ0v) is 32.5. The first-order chi connectivity index (χ1) is 22.8. The summed E-state index contributed by atoms with van der Waals surface area (Å²) in [4.78, 5) is 5.42. The van der Waals surface area contributed by atoms with Crippen LogP contribution in [0.25, 0.3) is 0 Å². The number of nitrogens with zero attached hydrogens (tertiary/aromatic N) is 2. The maximum atomic E-state index is 2.71. The van der Waals surface area contributed by atoms with E-state index >= 15 is 0 Å². The number of unbranched alkanes of at least 4 members (excludes halogenated alkanes) is 32. The lowest BCUT2D eigenvalue weighted by Gasteiger charge is -2.33. The van der Waals surface area contributed by atoms with Crippen molar-refractivity contribution in [2.75, 3.05) is 13.1 Å². The number of hydrogen-bond acceptors (Lipinski definition) is 2. The summed E-state index contributed by atoms with van der Waals surface area (Å²) in [5.74, 6) is 0. The molecular formula is C44H88N2. The lowest BCUT2D eigenvalue weighted by Crippen LogP contribution is -2.39. The molecule has 0 amide bonds. The standard InChI is InChI=1S/C44H88N2/c1-4-7-10-13-15-17-19-21-23-25-27-29-31-33-35-38-41-46-43-42-45(44(46)39-36-12-9-6-3)40-37-34-32-30-28-26-24-22-20-18-16-14-11-8-5-2/h42-44H,4-41H2,1-3H3. The molecule has 0 aromatic rings. The SMILES string of the molecule is CCCCCCCCCCCCCCCCCCN1C=CN(CCCCCCCCCCCCCCCCC)C1CCCCCC. The van der Waals surface area contributed by atoms with E-state index in [1.54, 1.807) is 0 Å². The first-order valence-electron chi connectivity index (χ1n) is 22.0. The average Bonchev–Trinajstić information content (AvgIpc) is 3.45. The van der Waals surface area contributed by atoms with Crippen LogP contribution < -0.4 is 0 Å². The third-order valence-corrected chi connectivity index (χ3v) is 10.8. The Bertz CT molecular complexity index is 601. The minimum atomic E-state index is 0.639. The van der Waals surface area contributed by atoms with E-state index in [1.807, 2.05) is 0 Å². The summed E-state index contributed by atoms with van der Waals surface area (Å²) in [6, 6.07) is 0. The van der Waals surface area contributed by atoms with E-state index in [9.17, 15) is 0 Å². The highest BCUT2D eigenvalue weighted by Gasteiger charge is 2.24. The molecule has 1 aliphatic rings. The highest BCUT2D eigenvalue weighted by atomic mass is 15.4. The van der Waals surface area contributed by atoms with Gasteiger partial charge in [0.1, 0.15) is 6.17 Å². The quantitative estimate of drug-likeness (QED) is 0.0617. The van der Waals surface area contributed by atoms with E-state index in [2.05, 4.69) is 43.0 Å². The molecule has 0 aromatic carbocycles. The lowest BCUT2D eigenvalue weighted by molar-refractivity contribution is 0.135. The highest BCUT2D eigenvalue weighted by molar-refractivity contribution is 4.97. The normalized spacial score (nSPS) is 14.7. The molecule has 2 heteroatoms. The minimum absolute atomic E-state index is 0.639. The Morgan fingerprint density at radius 3 is 0.761 bits per heavy atom. The van der Waals surface area contributed by atoms with Gasteiger partial charge in [-0.3, -0.25) is 0 Å². The van der Waals surface area contributed by atoms with Crippen LogP contribution in [0.4, 0.5) is 0 Å². The molecule has 0 fully saturated rings. The second-order valence-corrected chi connectivity index (χ2v) is 15.4. The van der Waals surface area contributed by atoms with Crippen LogP contribution in [0, 0.1) is 0 Å². The summed E-state index contributed by atoms with van der Waals surface area (Å²) in [6.45, 7) is 9.49. The molecule has 46 heavy (non-hydrogen) atoms. The Morgan fingerprint density at radius 2 is 0.500 bits per heavy atom. The van der Waals surface area contributed by atoms with Crippen molar-refractivity contribution < 1.29 is 0 Å². The summed E-state index contributed by atoms with van der Waals surface area (Å²) >= 11 is 0. The predicted molar refractivity (Wildman–Crippen MR) is 210 cm³/mol. The molecule has 1 atom stereocenters. The second kappa shape index (κ2) is 35.6. The Morgan fingerprint density at radius 1 is 0.283 bits per heavy atom. The zero-order chi connectivity index (χ0) is 33.0. The van der Waals surface area contributed by atoms with Crippen LogP contribution >= 0.6 is 0 Å². The van der Waals surface area contributed by atoms with Crippen molar-refractivity contribution in [3.8, 4) is 0 Å². The van der Waals surface area contributed by atoms with Gasteiger partial charge < -0.3 is 9.80 Å². The number of rotatable bonds is 38. The van der Waals surface area contributed by atoms with Crippen molar-refractivity contribution >= 4 is 0 Å². The van der Waals surface area contributed by atoms with Gasteiger partial charge in [0.2, 0.25) is 0 Å². The lowest BCUT2D eigenvalue weighted by atomic mass is 10.0. The van der Waals surface area contributed by atoms with Crippen LogP contribution in [0.15, 0.2) is 12.4 Å². The molecule has 0 saturated carbocycles. The van der Waals surface area contributed by atoms with Gasteiger partial charge in [-0.2, -0.15) is 0 Å². The van der Waals surface area contributed by atoms with Crippen LogP contribution in [-0.4, -0.2) is 29.1 Å². The van der Waals surface area contributed by atoms with E-state index in [0.717, 1.165) is 0 Å². The van der Waals surface area contributed by atoms with Crippen LogP contribution in [-0.2, 0) is 0 Å². The van der Waals surface area contributed by atoms with Crippen LogP contribution in [0.3, 0.4) is 0 Å². The Balaban J connectivity index is 2.04. The molecule has 0 saturated heterocycles. The molecule has 0 N–H and O–H groups in total. The third-order valence-electron chi connectivity index (χ3n) is 10.8. The summed E-state index contributed by atoms with van der Waals surface area (Å²) < 4.78 is 0. The third kappa shape index (κ3) is 27.3. The fourth-order valence-corrected chi connectivity index (χ4v) is 7.60. The fourth-order valence-electron chi connectivity index (χ4n) is 7.60. The molecule has 2 nitrogen and oxygen atoms in total. The van der Waals surface area contributed by atoms with Crippen molar-refractivity contribution in [2.45, 2.75) is 258 Å². The van der Waals surface area contributed by atoms with E-state index < -0.39 is 0 Å². The maximum Gasteiger partial charge on any atom is 0.101 e. The molecule has 1 aliphatic heterocycles. The first kappa shape index (κ1) is 43.4. The van der Waals surface area contributed by atoms with Crippen molar-refractivity contribution in [1.29, 1.82) is 0 Å². The fraction of sp³-hybridized carbons (Fsp3) is 0.955. The summed E-state index contributed by atoms with van der Waals surface area (Å²) in [7, 11) is 0. The summed E-state index contributed by atoms with van der Waals surface area (Å²) in [5.41, 5.74) is 0. The van der Waals surface area contributed by atoms with Crippen molar-refractivity contribution in [1.82, 2.24) is 9.80 Å². The predicted octanol–water partition coefficient (Wildman–Crippen LogP) is 15.5. The maximum absolute atomic E-state index is 2.71. The molecule has 1 heterocycles. The summed E-state index contributed by atoms with van der Waals surface area (Å²) in [6.07, 6.45) is 57.4. The van der Waals surface area contributed by atoms with Crippen molar-refractivity contribution in [3.05, 3.63) is 12.4 Å². The molecule has 0 radical (unpaired) electrons. The molecular weight excluding hydrogens is 556 g/mol. The van der Waals surface area contributed by atoms with Crippen molar-refractivity contribution in [3.63, 3.8) is 0 Å². The molecule has 1 unspecified atom stereocenters. The van der Waals surface area contributed by atoms with Crippen LogP contribution in [0.2, 0.25) is 0 Å². The van der Waals surface area contributed by atoms with Gasteiger partial charge in [0.25, 0.3) is 0 Å². The van der Waals surface area contributed by atoms with Gasteiger partial charge >= 0.3 is 0 Å². The topological polar surface area (TPSA) is 6.48 Å². The van der Waals surface area contributed by atoms with Gasteiger partial charge in [-0.1, -0.05) is 226 Å².